The predicted molar refractivity (Wildman–Crippen MR) is 124 cm³/mol. The number of carbonyl (C=O) groups excluding carboxylic acids is 1. The van der Waals surface area contributed by atoms with Crippen molar-refractivity contribution in [1.82, 2.24) is 4.57 Å². The van der Waals surface area contributed by atoms with Gasteiger partial charge in [0.15, 0.2) is 0 Å². The number of benzene rings is 3. The van der Waals surface area contributed by atoms with Gasteiger partial charge in [0.05, 0.1) is 5.69 Å². The molecule has 0 atom stereocenters. The molecule has 4 rings (SSSR count). The number of anilines is 1. The van der Waals surface area contributed by atoms with Crippen molar-refractivity contribution in [2.45, 2.75) is 6.54 Å². The molecular weight excluding hydrogens is 457 g/mol. The first-order valence-corrected chi connectivity index (χ1v) is 10.3. The number of para-hydroxylation sites is 2. The van der Waals surface area contributed by atoms with E-state index in [9.17, 15) is 14.4 Å². The molecule has 1 amide bonds. The van der Waals surface area contributed by atoms with Crippen molar-refractivity contribution < 1.29 is 9.18 Å². The van der Waals surface area contributed by atoms with Crippen molar-refractivity contribution in [3.63, 3.8) is 0 Å². The van der Waals surface area contributed by atoms with E-state index in [1.807, 2.05) is 60.8 Å². The number of nitrogens with zero attached hydrogens (tertiary/aromatic N) is 2. The zero-order valence-corrected chi connectivity index (χ0v) is 17.9. The zero-order chi connectivity index (χ0) is 21.8. The highest BCUT2D eigenvalue weighted by Gasteiger charge is 2.14. The van der Waals surface area contributed by atoms with E-state index in [0.29, 0.717) is 6.54 Å². The van der Waals surface area contributed by atoms with Gasteiger partial charge in [-0.1, -0.05) is 58.4 Å². The van der Waals surface area contributed by atoms with Crippen LogP contribution in [-0.4, -0.2) is 10.5 Å². The molecule has 6 heteroatoms. The van der Waals surface area contributed by atoms with Gasteiger partial charge in [-0.3, -0.25) is 4.79 Å². The fourth-order valence-corrected chi connectivity index (χ4v) is 3.63. The standard InChI is InChI=1S/C25H17BrFN3O/c26-20-11-9-17(10-12-20)15-30-16-19(21-5-1-4-8-24(21)30)13-18(14-28)25(31)29-23-7-3-2-6-22(23)27/h1-13,16H,15H2,(H,29,31)/b18-13+. The van der Waals surface area contributed by atoms with Crippen molar-refractivity contribution in [2.24, 2.45) is 0 Å². The van der Waals surface area contributed by atoms with Gasteiger partial charge >= 0.3 is 0 Å². The minimum absolute atomic E-state index is 0.0336. The lowest BCUT2D eigenvalue weighted by Crippen LogP contribution is -2.14. The molecule has 3 aromatic carbocycles. The van der Waals surface area contributed by atoms with Gasteiger partial charge in [-0.15, -0.1) is 0 Å². The number of fused-ring (bicyclic) bond motifs is 1. The number of amides is 1. The highest BCUT2D eigenvalue weighted by Crippen LogP contribution is 2.25. The van der Waals surface area contributed by atoms with Gasteiger partial charge in [0.1, 0.15) is 17.5 Å². The quantitative estimate of drug-likeness (QED) is 0.279. The second-order valence-corrected chi connectivity index (χ2v) is 7.88. The number of aromatic nitrogens is 1. The second-order valence-electron chi connectivity index (χ2n) is 6.96. The number of nitriles is 1. The molecule has 0 saturated carbocycles. The number of carbonyl (C=O) groups is 1. The number of hydrogen-bond donors (Lipinski definition) is 1. The van der Waals surface area contributed by atoms with Crippen LogP contribution >= 0.6 is 15.9 Å². The summed E-state index contributed by atoms with van der Waals surface area (Å²) >= 11 is 3.44. The summed E-state index contributed by atoms with van der Waals surface area (Å²) in [5, 5.41) is 12.9. The smallest absolute Gasteiger partial charge is 0.266 e. The lowest BCUT2D eigenvalue weighted by Gasteiger charge is -2.05. The van der Waals surface area contributed by atoms with Crippen molar-refractivity contribution in [3.05, 3.63) is 106 Å². The SMILES string of the molecule is N#C/C(=C\c1cn(Cc2ccc(Br)cc2)c2ccccc12)C(=O)Nc1ccccc1F. The van der Waals surface area contributed by atoms with Gasteiger partial charge in [-0.25, -0.2) is 4.39 Å². The van der Waals surface area contributed by atoms with Crippen LogP contribution in [0, 0.1) is 17.1 Å². The van der Waals surface area contributed by atoms with Gasteiger partial charge < -0.3 is 9.88 Å². The molecule has 4 nitrogen and oxygen atoms in total. The first kappa shape index (κ1) is 20.6. The van der Waals surface area contributed by atoms with Crippen LogP contribution in [0.25, 0.3) is 17.0 Å². The van der Waals surface area contributed by atoms with E-state index in [-0.39, 0.29) is 11.3 Å². The highest BCUT2D eigenvalue weighted by molar-refractivity contribution is 9.10. The zero-order valence-electron chi connectivity index (χ0n) is 16.3. The van der Waals surface area contributed by atoms with Crippen molar-refractivity contribution in [3.8, 4) is 6.07 Å². The highest BCUT2D eigenvalue weighted by atomic mass is 79.9. The maximum atomic E-state index is 13.9. The van der Waals surface area contributed by atoms with E-state index in [1.54, 1.807) is 6.07 Å². The van der Waals surface area contributed by atoms with Crippen LogP contribution in [0.3, 0.4) is 0 Å². The third-order valence-electron chi connectivity index (χ3n) is 4.87. The number of rotatable bonds is 5. The molecule has 0 spiro atoms. The Morgan fingerprint density at radius 2 is 1.77 bits per heavy atom. The summed E-state index contributed by atoms with van der Waals surface area (Å²) in [6, 6.07) is 23.6. The third kappa shape index (κ3) is 4.57. The van der Waals surface area contributed by atoms with Crippen LogP contribution in [0.1, 0.15) is 11.1 Å². The van der Waals surface area contributed by atoms with E-state index in [1.165, 1.54) is 24.3 Å². The molecule has 1 N–H and O–H groups in total. The Balaban J connectivity index is 1.68. The topological polar surface area (TPSA) is 57.8 Å². The van der Waals surface area contributed by atoms with Gasteiger partial charge in [-0.05, 0) is 42.0 Å². The van der Waals surface area contributed by atoms with E-state index >= 15 is 0 Å². The van der Waals surface area contributed by atoms with E-state index in [2.05, 4.69) is 25.8 Å². The average Bonchev–Trinajstić information content (AvgIpc) is 3.12. The van der Waals surface area contributed by atoms with Crippen LogP contribution in [0.2, 0.25) is 0 Å². The molecule has 0 saturated heterocycles. The van der Waals surface area contributed by atoms with Gasteiger partial charge in [0.25, 0.3) is 5.91 Å². The molecule has 0 aliphatic heterocycles. The molecule has 0 unspecified atom stereocenters. The van der Waals surface area contributed by atoms with Crippen LogP contribution in [0.4, 0.5) is 10.1 Å². The Labute approximate surface area is 187 Å². The molecule has 4 aromatic rings. The Hall–Kier alpha value is -3.69. The molecule has 31 heavy (non-hydrogen) atoms. The van der Waals surface area contributed by atoms with Gasteiger partial charge in [0.2, 0.25) is 0 Å². The maximum absolute atomic E-state index is 13.9. The Morgan fingerprint density at radius 1 is 1.06 bits per heavy atom. The average molecular weight is 474 g/mol. The summed E-state index contributed by atoms with van der Waals surface area (Å²) in [6.45, 7) is 0.644. The number of nitrogens with one attached hydrogen (secondary N) is 1. The van der Waals surface area contributed by atoms with Crippen molar-refractivity contribution in [2.75, 3.05) is 5.32 Å². The summed E-state index contributed by atoms with van der Waals surface area (Å²) < 4.78 is 17.0. The van der Waals surface area contributed by atoms with Crippen LogP contribution < -0.4 is 5.32 Å². The summed E-state index contributed by atoms with van der Waals surface area (Å²) in [6.07, 6.45) is 3.46. The second kappa shape index (κ2) is 8.99. The predicted octanol–water partition coefficient (Wildman–Crippen LogP) is 6.14. The van der Waals surface area contributed by atoms with Gasteiger partial charge in [0, 0.05) is 33.7 Å². The van der Waals surface area contributed by atoms with E-state index in [4.69, 9.17) is 0 Å². The van der Waals surface area contributed by atoms with Crippen LogP contribution in [0.5, 0.6) is 0 Å². The Kier molecular flexibility index (Phi) is 5.96. The summed E-state index contributed by atoms with van der Waals surface area (Å²) in [4.78, 5) is 12.6. The Bertz CT molecular complexity index is 1330. The summed E-state index contributed by atoms with van der Waals surface area (Å²) in [5.74, 6) is -1.21. The monoisotopic (exact) mass is 473 g/mol. The molecule has 0 bridgehead atoms. The minimum atomic E-state index is -0.655. The molecule has 152 valence electrons. The lowest BCUT2D eigenvalue weighted by atomic mass is 10.1. The molecular formula is C25H17BrFN3O. The fourth-order valence-electron chi connectivity index (χ4n) is 3.36. The molecule has 1 aromatic heterocycles. The molecule has 0 fully saturated rings. The van der Waals surface area contributed by atoms with E-state index < -0.39 is 11.7 Å². The van der Waals surface area contributed by atoms with Crippen LogP contribution in [0.15, 0.2) is 89.0 Å². The van der Waals surface area contributed by atoms with E-state index in [0.717, 1.165) is 26.5 Å². The molecule has 0 aliphatic carbocycles. The van der Waals surface area contributed by atoms with Crippen LogP contribution in [-0.2, 0) is 11.3 Å². The maximum Gasteiger partial charge on any atom is 0.266 e. The third-order valence-corrected chi connectivity index (χ3v) is 5.40. The summed E-state index contributed by atoms with van der Waals surface area (Å²) in [7, 11) is 0. The summed E-state index contributed by atoms with van der Waals surface area (Å²) in [5.41, 5.74) is 2.79. The molecule has 0 aliphatic rings. The lowest BCUT2D eigenvalue weighted by molar-refractivity contribution is -0.112. The first-order valence-electron chi connectivity index (χ1n) is 9.55. The molecule has 0 radical (unpaired) electrons. The van der Waals surface area contributed by atoms with Crippen molar-refractivity contribution in [1.29, 1.82) is 5.26 Å². The molecule has 1 heterocycles. The normalized spacial score (nSPS) is 11.3. The fraction of sp³-hybridized carbons (Fsp3) is 0.0400. The minimum Gasteiger partial charge on any atom is -0.342 e. The Morgan fingerprint density at radius 3 is 2.52 bits per heavy atom. The van der Waals surface area contributed by atoms with Crippen molar-refractivity contribution >= 4 is 44.5 Å². The largest absolute Gasteiger partial charge is 0.342 e. The number of halogens is 2. The first-order chi connectivity index (χ1) is 15.0. The van der Waals surface area contributed by atoms with Gasteiger partial charge in [-0.2, -0.15) is 5.26 Å². The number of hydrogen-bond acceptors (Lipinski definition) is 2.